The van der Waals surface area contributed by atoms with Crippen LogP contribution in [0.1, 0.15) is 48.9 Å². The van der Waals surface area contributed by atoms with E-state index >= 15 is 0 Å². The number of alkyl halides is 2. The first-order valence-corrected chi connectivity index (χ1v) is 8.74. The molecule has 8 heteroatoms. The molecule has 0 spiro atoms. The highest BCUT2D eigenvalue weighted by atomic mass is 35.5. The molecule has 1 fully saturated rings. The Hall–Kier alpha value is -1.60. The standard InChI is InChI=1S/C18H26F2N2O3.ClH/c1-24-15-9-8-13(12-16(15)25-18(19)20)17(23)22-11-10-21-14-6-4-2-3-5-7-14;/h8-9,12,14,18,21H,2-7,10-11H2,1H3,(H,22,23);1H. The average Bonchev–Trinajstić information content (AvgIpc) is 2.86. The summed E-state index contributed by atoms with van der Waals surface area (Å²) in [5.74, 6) is -0.321. The zero-order valence-corrected chi connectivity index (χ0v) is 15.7. The molecule has 148 valence electrons. The van der Waals surface area contributed by atoms with Gasteiger partial charge in [-0.15, -0.1) is 12.4 Å². The molecule has 1 aliphatic carbocycles. The molecular weight excluding hydrogens is 366 g/mol. The molecule has 1 saturated carbocycles. The maximum atomic E-state index is 12.4. The van der Waals surface area contributed by atoms with Gasteiger partial charge in [-0.25, -0.2) is 0 Å². The molecule has 0 bridgehead atoms. The molecule has 1 amide bonds. The SMILES string of the molecule is COc1ccc(C(=O)NCCNC2CCCCCC2)cc1OC(F)F.Cl. The molecule has 1 aromatic rings. The molecule has 0 atom stereocenters. The second-order valence-corrected chi connectivity index (χ2v) is 6.14. The van der Waals surface area contributed by atoms with Crippen LogP contribution in [0.25, 0.3) is 0 Å². The number of carbonyl (C=O) groups is 1. The quantitative estimate of drug-likeness (QED) is 0.522. The number of rotatable bonds is 8. The number of ether oxygens (including phenoxy) is 2. The van der Waals surface area contributed by atoms with E-state index in [0.29, 0.717) is 19.1 Å². The highest BCUT2D eigenvalue weighted by Gasteiger charge is 2.15. The lowest BCUT2D eigenvalue weighted by Gasteiger charge is -2.16. The van der Waals surface area contributed by atoms with Crippen molar-refractivity contribution in [1.29, 1.82) is 0 Å². The molecule has 26 heavy (non-hydrogen) atoms. The van der Waals surface area contributed by atoms with Crippen molar-refractivity contribution in [2.75, 3.05) is 20.2 Å². The van der Waals surface area contributed by atoms with E-state index in [1.807, 2.05) is 0 Å². The van der Waals surface area contributed by atoms with Crippen LogP contribution in [-0.2, 0) is 0 Å². The van der Waals surface area contributed by atoms with E-state index in [1.54, 1.807) is 0 Å². The van der Waals surface area contributed by atoms with Gasteiger partial charge < -0.3 is 20.1 Å². The Bertz CT molecular complexity index is 553. The first-order chi connectivity index (χ1) is 12.1. The van der Waals surface area contributed by atoms with Gasteiger partial charge in [-0.1, -0.05) is 25.7 Å². The largest absolute Gasteiger partial charge is 0.493 e. The third-order valence-electron chi connectivity index (χ3n) is 4.34. The number of amides is 1. The minimum Gasteiger partial charge on any atom is -0.493 e. The number of benzene rings is 1. The zero-order chi connectivity index (χ0) is 18.1. The monoisotopic (exact) mass is 392 g/mol. The van der Waals surface area contributed by atoms with Gasteiger partial charge in [0, 0.05) is 24.7 Å². The van der Waals surface area contributed by atoms with Crippen molar-refractivity contribution in [3.05, 3.63) is 23.8 Å². The summed E-state index contributed by atoms with van der Waals surface area (Å²) in [7, 11) is 1.35. The minimum atomic E-state index is -2.98. The van der Waals surface area contributed by atoms with Crippen molar-refractivity contribution >= 4 is 18.3 Å². The van der Waals surface area contributed by atoms with E-state index in [-0.39, 0.29) is 35.4 Å². The normalized spacial score (nSPS) is 15.1. The first-order valence-electron chi connectivity index (χ1n) is 8.74. The molecule has 0 aromatic heterocycles. The summed E-state index contributed by atoms with van der Waals surface area (Å²) < 4.78 is 34.2. The number of hydrogen-bond donors (Lipinski definition) is 2. The van der Waals surface area contributed by atoms with Gasteiger partial charge in [-0.3, -0.25) is 4.79 Å². The second-order valence-electron chi connectivity index (χ2n) is 6.14. The summed E-state index contributed by atoms with van der Waals surface area (Å²) in [6.07, 6.45) is 7.47. The van der Waals surface area contributed by atoms with Crippen LogP contribution in [0.5, 0.6) is 11.5 Å². The number of halogens is 3. The molecule has 0 radical (unpaired) electrons. The number of nitrogens with one attached hydrogen (secondary N) is 2. The lowest BCUT2D eigenvalue weighted by atomic mass is 10.1. The molecule has 1 aromatic carbocycles. The maximum absolute atomic E-state index is 12.4. The van der Waals surface area contributed by atoms with Crippen molar-refractivity contribution in [2.24, 2.45) is 0 Å². The number of carbonyl (C=O) groups excluding carboxylic acids is 1. The van der Waals surface area contributed by atoms with Crippen LogP contribution in [0, 0.1) is 0 Å². The van der Waals surface area contributed by atoms with Crippen molar-refractivity contribution in [3.8, 4) is 11.5 Å². The Morgan fingerprint density at radius 1 is 1.15 bits per heavy atom. The third kappa shape index (κ3) is 7.33. The van der Waals surface area contributed by atoms with E-state index in [9.17, 15) is 13.6 Å². The van der Waals surface area contributed by atoms with Crippen LogP contribution < -0.4 is 20.1 Å². The molecule has 0 heterocycles. The molecule has 2 N–H and O–H groups in total. The van der Waals surface area contributed by atoms with Gasteiger partial charge in [0.05, 0.1) is 7.11 Å². The van der Waals surface area contributed by atoms with E-state index in [4.69, 9.17) is 4.74 Å². The second kappa shape index (κ2) is 11.9. The molecule has 0 aliphatic heterocycles. The zero-order valence-electron chi connectivity index (χ0n) is 14.9. The third-order valence-corrected chi connectivity index (χ3v) is 4.34. The number of hydrogen-bond acceptors (Lipinski definition) is 4. The van der Waals surface area contributed by atoms with Crippen LogP contribution in [-0.4, -0.2) is 38.8 Å². The van der Waals surface area contributed by atoms with E-state index < -0.39 is 6.61 Å². The Balaban J connectivity index is 0.00000338. The van der Waals surface area contributed by atoms with Gasteiger partial charge in [0.25, 0.3) is 5.91 Å². The molecule has 1 aliphatic rings. The Morgan fingerprint density at radius 3 is 2.46 bits per heavy atom. The van der Waals surface area contributed by atoms with Crippen LogP contribution in [0.2, 0.25) is 0 Å². The highest BCUT2D eigenvalue weighted by Crippen LogP contribution is 2.29. The van der Waals surface area contributed by atoms with Crippen molar-refractivity contribution in [3.63, 3.8) is 0 Å². The van der Waals surface area contributed by atoms with Crippen LogP contribution in [0.3, 0.4) is 0 Å². The Morgan fingerprint density at radius 2 is 1.85 bits per heavy atom. The minimum absolute atomic E-state index is 0. The predicted molar refractivity (Wildman–Crippen MR) is 98.7 cm³/mol. The van der Waals surface area contributed by atoms with E-state index in [0.717, 1.165) is 0 Å². The van der Waals surface area contributed by atoms with Gasteiger partial charge in [0.1, 0.15) is 0 Å². The molecular formula is C18H27ClF2N2O3. The van der Waals surface area contributed by atoms with E-state index in [1.165, 1.54) is 63.8 Å². The van der Waals surface area contributed by atoms with Crippen LogP contribution >= 0.6 is 12.4 Å². The van der Waals surface area contributed by atoms with E-state index in [2.05, 4.69) is 15.4 Å². The van der Waals surface area contributed by atoms with Gasteiger partial charge >= 0.3 is 6.61 Å². The number of methoxy groups -OCH3 is 1. The first kappa shape index (κ1) is 22.4. The summed E-state index contributed by atoms with van der Waals surface area (Å²) >= 11 is 0. The van der Waals surface area contributed by atoms with Crippen LogP contribution in [0.4, 0.5) is 8.78 Å². The summed E-state index contributed by atoms with van der Waals surface area (Å²) in [5.41, 5.74) is 0.255. The van der Waals surface area contributed by atoms with Crippen LogP contribution in [0.15, 0.2) is 18.2 Å². The molecule has 5 nitrogen and oxygen atoms in total. The fourth-order valence-corrected chi connectivity index (χ4v) is 3.04. The predicted octanol–water partition coefficient (Wildman–Crippen LogP) is 3.76. The molecule has 0 unspecified atom stereocenters. The Kier molecular flexibility index (Phi) is 10.3. The van der Waals surface area contributed by atoms with Crippen molar-refractivity contribution < 1.29 is 23.0 Å². The lowest BCUT2D eigenvalue weighted by Crippen LogP contribution is -2.36. The summed E-state index contributed by atoms with van der Waals surface area (Å²) in [5, 5.41) is 6.25. The smallest absolute Gasteiger partial charge is 0.387 e. The van der Waals surface area contributed by atoms with Crippen molar-refractivity contribution in [1.82, 2.24) is 10.6 Å². The molecule has 2 rings (SSSR count). The highest BCUT2D eigenvalue weighted by molar-refractivity contribution is 5.94. The summed E-state index contributed by atoms with van der Waals surface area (Å²) in [4.78, 5) is 12.2. The van der Waals surface area contributed by atoms with Gasteiger partial charge in [-0.05, 0) is 31.0 Å². The van der Waals surface area contributed by atoms with Gasteiger partial charge in [0.2, 0.25) is 0 Å². The fraction of sp³-hybridized carbons (Fsp3) is 0.611. The maximum Gasteiger partial charge on any atom is 0.387 e. The lowest BCUT2D eigenvalue weighted by molar-refractivity contribution is -0.0512. The van der Waals surface area contributed by atoms with Crippen molar-refractivity contribution in [2.45, 2.75) is 51.2 Å². The summed E-state index contributed by atoms with van der Waals surface area (Å²) in [6.45, 7) is -1.81. The Labute approximate surface area is 159 Å². The van der Waals surface area contributed by atoms with Gasteiger partial charge in [-0.2, -0.15) is 8.78 Å². The molecule has 0 saturated heterocycles. The summed E-state index contributed by atoms with van der Waals surface area (Å²) in [6, 6.07) is 4.74. The van der Waals surface area contributed by atoms with Gasteiger partial charge in [0.15, 0.2) is 11.5 Å². The fourth-order valence-electron chi connectivity index (χ4n) is 3.04. The topological polar surface area (TPSA) is 59.6 Å². The average molecular weight is 393 g/mol.